The van der Waals surface area contributed by atoms with Crippen LogP contribution in [0.4, 0.5) is 5.69 Å². The van der Waals surface area contributed by atoms with Gasteiger partial charge < -0.3 is 5.32 Å². The first-order valence-electron chi connectivity index (χ1n) is 9.26. The SMILES string of the molecule is CCN(CC)S(=O)(=O)c1ccc(NC(=O)c2c(C)nn(CC(C)C)c2Cl)cc1. The van der Waals surface area contributed by atoms with Gasteiger partial charge in [0.1, 0.15) is 5.15 Å². The lowest BCUT2D eigenvalue weighted by molar-refractivity contribution is 0.102. The maximum atomic E-state index is 12.7. The summed E-state index contributed by atoms with van der Waals surface area (Å²) in [6.07, 6.45) is 0. The van der Waals surface area contributed by atoms with Crippen LogP contribution >= 0.6 is 11.6 Å². The molecule has 0 atom stereocenters. The number of amides is 1. The van der Waals surface area contributed by atoms with Crippen molar-refractivity contribution in [3.8, 4) is 0 Å². The average Bonchev–Trinajstić information content (AvgIpc) is 2.89. The van der Waals surface area contributed by atoms with Crippen LogP contribution in [0.25, 0.3) is 0 Å². The molecule has 0 unspecified atom stereocenters. The van der Waals surface area contributed by atoms with E-state index in [2.05, 4.69) is 10.4 Å². The van der Waals surface area contributed by atoms with E-state index in [1.807, 2.05) is 13.8 Å². The molecule has 0 aliphatic rings. The maximum Gasteiger partial charge on any atom is 0.260 e. The highest BCUT2D eigenvalue weighted by atomic mass is 35.5. The van der Waals surface area contributed by atoms with Crippen molar-refractivity contribution >= 4 is 33.2 Å². The zero-order valence-corrected chi connectivity index (χ0v) is 18.4. The summed E-state index contributed by atoms with van der Waals surface area (Å²) in [6, 6.07) is 6.10. The molecule has 0 aliphatic heterocycles. The summed E-state index contributed by atoms with van der Waals surface area (Å²) < 4.78 is 28.1. The third-order valence-electron chi connectivity index (χ3n) is 4.29. The van der Waals surface area contributed by atoms with Crippen molar-refractivity contribution in [2.24, 2.45) is 5.92 Å². The summed E-state index contributed by atoms with van der Waals surface area (Å²) in [5, 5.41) is 7.39. The standard InChI is InChI=1S/C19H27ClN4O3S/c1-6-23(7-2)28(26,27)16-10-8-15(9-11-16)21-19(25)17-14(5)22-24(18(17)20)12-13(3)4/h8-11,13H,6-7,12H2,1-5H3,(H,21,25). The molecule has 154 valence electrons. The topological polar surface area (TPSA) is 84.3 Å². The number of nitrogens with one attached hydrogen (secondary N) is 1. The molecule has 0 saturated heterocycles. The third kappa shape index (κ3) is 4.74. The fourth-order valence-electron chi connectivity index (χ4n) is 2.89. The normalized spacial score (nSPS) is 12.0. The molecule has 1 N–H and O–H groups in total. The number of rotatable bonds is 8. The van der Waals surface area contributed by atoms with Crippen molar-refractivity contribution in [2.45, 2.75) is 46.1 Å². The van der Waals surface area contributed by atoms with E-state index < -0.39 is 10.0 Å². The molecule has 2 aromatic rings. The summed E-state index contributed by atoms with van der Waals surface area (Å²) in [7, 11) is -3.53. The Balaban J connectivity index is 2.21. The number of halogens is 1. The number of carbonyl (C=O) groups is 1. The monoisotopic (exact) mass is 426 g/mol. The molecule has 0 bridgehead atoms. The molecule has 0 saturated carbocycles. The van der Waals surface area contributed by atoms with E-state index in [1.165, 1.54) is 16.4 Å². The second-order valence-electron chi connectivity index (χ2n) is 6.90. The van der Waals surface area contributed by atoms with E-state index in [0.717, 1.165) is 0 Å². The van der Waals surface area contributed by atoms with Gasteiger partial charge in [0.15, 0.2) is 0 Å². The highest BCUT2D eigenvalue weighted by Gasteiger charge is 2.23. The summed E-state index contributed by atoms with van der Waals surface area (Å²) in [5.74, 6) is -0.0372. The van der Waals surface area contributed by atoms with Crippen LogP contribution in [0, 0.1) is 12.8 Å². The van der Waals surface area contributed by atoms with Gasteiger partial charge in [-0.2, -0.15) is 9.40 Å². The predicted octanol–water partition coefficient (Wildman–Crippen LogP) is 3.78. The second kappa shape index (κ2) is 9.07. The Morgan fingerprint density at radius 2 is 1.79 bits per heavy atom. The smallest absolute Gasteiger partial charge is 0.260 e. The number of aromatic nitrogens is 2. The molecule has 0 aliphatic carbocycles. The molecule has 1 aromatic heterocycles. The molecular weight excluding hydrogens is 400 g/mol. The van der Waals surface area contributed by atoms with Gasteiger partial charge in [0, 0.05) is 25.3 Å². The van der Waals surface area contributed by atoms with Crippen LogP contribution < -0.4 is 5.32 Å². The fourth-order valence-corrected chi connectivity index (χ4v) is 4.68. The van der Waals surface area contributed by atoms with Gasteiger partial charge >= 0.3 is 0 Å². The lowest BCUT2D eigenvalue weighted by atomic mass is 10.2. The molecule has 0 radical (unpaired) electrons. The van der Waals surface area contributed by atoms with Gasteiger partial charge in [0.2, 0.25) is 10.0 Å². The Labute approximate surface area is 171 Å². The Morgan fingerprint density at radius 1 is 1.21 bits per heavy atom. The van der Waals surface area contributed by atoms with Crippen LogP contribution in [-0.4, -0.2) is 41.5 Å². The second-order valence-corrected chi connectivity index (χ2v) is 9.19. The van der Waals surface area contributed by atoms with Crippen LogP contribution in [-0.2, 0) is 16.6 Å². The first-order valence-corrected chi connectivity index (χ1v) is 11.1. The maximum absolute atomic E-state index is 12.7. The Bertz CT molecular complexity index is 933. The zero-order chi connectivity index (χ0) is 21.1. The third-order valence-corrected chi connectivity index (χ3v) is 6.73. The van der Waals surface area contributed by atoms with Gasteiger partial charge in [-0.25, -0.2) is 8.42 Å². The van der Waals surface area contributed by atoms with Gasteiger partial charge in [-0.15, -0.1) is 0 Å². The van der Waals surface area contributed by atoms with Crippen LogP contribution in [0.15, 0.2) is 29.2 Å². The summed E-state index contributed by atoms with van der Waals surface area (Å²) in [5.41, 5.74) is 1.35. The average molecular weight is 427 g/mol. The lowest BCUT2D eigenvalue weighted by Gasteiger charge is -2.18. The van der Waals surface area contributed by atoms with Gasteiger partial charge in [0.25, 0.3) is 5.91 Å². The van der Waals surface area contributed by atoms with E-state index in [1.54, 1.807) is 37.6 Å². The Hall–Kier alpha value is -1.90. The van der Waals surface area contributed by atoms with Gasteiger partial charge in [-0.05, 0) is 37.1 Å². The highest BCUT2D eigenvalue weighted by Crippen LogP contribution is 2.23. The van der Waals surface area contributed by atoms with Crippen molar-refractivity contribution in [1.82, 2.24) is 14.1 Å². The number of aryl methyl sites for hydroxylation is 1. The molecule has 0 fully saturated rings. The van der Waals surface area contributed by atoms with E-state index in [9.17, 15) is 13.2 Å². The molecule has 0 spiro atoms. The Kier molecular flexibility index (Phi) is 7.25. The number of hydrogen-bond acceptors (Lipinski definition) is 4. The first kappa shape index (κ1) is 22.4. The van der Waals surface area contributed by atoms with Crippen LogP contribution in [0.3, 0.4) is 0 Å². The summed E-state index contributed by atoms with van der Waals surface area (Å²) >= 11 is 6.34. The Morgan fingerprint density at radius 3 is 2.29 bits per heavy atom. The highest BCUT2D eigenvalue weighted by molar-refractivity contribution is 7.89. The minimum atomic E-state index is -3.53. The summed E-state index contributed by atoms with van der Waals surface area (Å²) in [4.78, 5) is 12.9. The van der Waals surface area contributed by atoms with Crippen LogP contribution in [0.5, 0.6) is 0 Å². The lowest BCUT2D eigenvalue weighted by Crippen LogP contribution is -2.30. The molecule has 1 aromatic carbocycles. The van der Waals surface area contributed by atoms with E-state index in [-0.39, 0.29) is 10.8 Å². The first-order chi connectivity index (χ1) is 13.1. The fraction of sp³-hybridized carbons (Fsp3) is 0.474. The number of carbonyl (C=O) groups excluding carboxylic acids is 1. The van der Waals surface area contributed by atoms with Crippen LogP contribution in [0.1, 0.15) is 43.7 Å². The molecule has 28 heavy (non-hydrogen) atoms. The minimum Gasteiger partial charge on any atom is -0.322 e. The molecular formula is C19H27ClN4O3S. The van der Waals surface area contributed by atoms with Crippen molar-refractivity contribution in [1.29, 1.82) is 0 Å². The number of nitrogens with zero attached hydrogens (tertiary/aromatic N) is 3. The summed E-state index contributed by atoms with van der Waals surface area (Å²) in [6.45, 7) is 10.8. The van der Waals surface area contributed by atoms with Crippen molar-refractivity contribution < 1.29 is 13.2 Å². The number of hydrogen-bond donors (Lipinski definition) is 1. The number of sulfonamides is 1. The van der Waals surface area contributed by atoms with E-state index >= 15 is 0 Å². The largest absolute Gasteiger partial charge is 0.322 e. The van der Waals surface area contributed by atoms with E-state index in [0.29, 0.717) is 47.7 Å². The van der Waals surface area contributed by atoms with Gasteiger partial charge in [-0.3, -0.25) is 9.48 Å². The quantitative estimate of drug-likeness (QED) is 0.696. The molecule has 9 heteroatoms. The number of benzene rings is 1. The van der Waals surface area contributed by atoms with Crippen molar-refractivity contribution in [3.63, 3.8) is 0 Å². The number of anilines is 1. The van der Waals surface area contributed by atoms with Crippen molar-refractivity contribution in [3.05, 3.63) is 40.7 Å². The van der Waals surface area contributed by atoms with Gasteiger partial charge in [-0.1, -0.05) is 39.3 Å². The minimum absolute atomic E-state index is 0.188. The molecule has 7 nitrogen and oxygen atoms in total. The van der Waals surface area contributed by atoms with Gasteiger partial charge in [0.05, 0.1) is 16.2 Å². The van der Waals surface area contributed by atoms with E-state index in [4.69, 9.17) is 11.6 Å². The van der Waals surface area contributed by atoms with Crippen molar-refractivity contribution in [2.75, 3.05) is 18.4 Å². The van der Waals surface area contributed by atoms with Crippen LogP contribution in [0.2, 0.25) is 5.15 Å². The molecule has 2 rings (SSSR count). The predicted molar refractivity (Wildman–Crippen MR) is 111 cm³/mol. The molecule has 1 amide bonds. The molecule has 1 heterocycles. The zero-order valence-electron chi connectivity index (χ0n) is 16.9.